The van der Waals surface area contributed by atoms with Crippen molar-refractivity contribution in [2.24, 2.45) is 5.92 Å². The minimum absolute atomic E-state index is 0.606. The second-order valence-electron chi connectivity index (χ2n) is 6.01. The van der Waals surface area contributed by atoms with Crippen LogP contribution in [0.5, 0.6) is 5.88 Å². The molecule has 0 amide bonds. The van der Waals surface area contributed by atoms with Gasteiger partial charge >= 0.3 is 0 Å². The summed E-state index contributed by atoms with van der Waals surface area (Å²) in [4.78, 5) is 6.66. The van der Waals surface area contributed by atoms with Gasteiger partial charge in [-0.25, -0.2) is 4.98 Å². The van der Waals surface area contributed by atoms with Crippen LogP contribution in [0.15, 0.2) is 48.7 Å². The average molecular weight is 307 g/mol. The van der Waals surface area contributed by atoms with Crippen LogP contribution in [-0.4, -0.2) is 29.6 Å². The molecule has 2 aromatic rings. The number of likely N-dealkylation sites (tertiary alicyclic amines) is 1. The van der Waals surface area contributed by atoms with Crippen molar-refractivity contribution in [3.63, 3.8) is 0 Å². The summed E-state index contributed by atoms with van der Waals surface area (Å²) in [7, 11) is 0. The van der Waals surface area contributed by atoms with E-state index in [1.807, 2.05) is 30.3 Å². The molecule has 1 aromatic carbocycles. The lowest BCUT2D eigenvalue weighted by Gasteiger charge is -2.31. The molecule has 1 aliphatic rings. The molecule has 118 valence electrons. The standard InChI is InChI=1S/C19H21N3O/c20-13-16-4-6-17(7-5-16)14-22-11-8-18(9-12-22)15-23-19-3-1-2-10-21-19/h1-7,10,18H,8-9,11-12,14-15H2. The van der Waals surface area contributed by atoms with E-state index in [4.69, 9.17) is 10.00 Å². The summed E-state index contributed by atoms with van der Waals surface area (Å²) in [6.45, 7) is 3.90. The number of piperidine rings is 1. The number of nitriles is 1. The van der Waals surface area contributed by atoms with Crippen molar-refractivity contribution < 1.29 is 4.74 Å². The Balaban J connectivity index is 1.42. The van der Waals surface area contributed by atoms with E-state index in [1.54, 1.807) is 6.20 Å². The fraction of sp³-hybridized carbons (Fsp3) is 0.368. The zero-order valence-electron chi connectivity index (χ0n) is 13.2. The third kappa shape index (κ3) is 4.54. The van der Waals surface area contributed by atoms with E-state index in [2.05, 4.69) is 28.1 Å². The molecule has 0 atom stereocenters. The lowest BCUT2D eigenvalue weighted by Crippen LogP contribution is -2.35. The van der Waals surface area contributed by atoms with E-state index in [0.29, 0.717) is 11.8 Å². The van der Waals surface area contributed by atoms with Crippen LogP contribution >= 0.6 is 0 Å². The molecular formula is C19H21N3O. The van der Waals surface area contributed by atoms with Crippen LogP contribution in [0.4, 0.5) is 0 Å². The first-order valence-electron chi connectivity index (χ1n) is 8.09. The Labute approximate surface area is 137 Å². The molecule has 1 fully saturated rings. The summed E-state index contributed by atoms with van der Waals surface area (Å²) < 4.78 is 5.76. The maximum Gasteiger partial charge on any atom is 0.213 e. The number of aromatic nitrogens is 1. The highest BCUT2D eigenvalue weighted by Gasteiger charge is 2.19. The Morgan fingerprint density at radius 2 is 1.91 bits per heavy atom. The van der Waals surface area contributed by atoms with Gasteiger partial charge in [-0.05, 0) is 55.6 Å². The molecule has 2 heterocycles. The molecule has 0 bridgehead atoms. The molecule has 3 rings (SSSR count). The molecular weight excluding hydrogens is 286 g/mol. The topological polar surface area (TPSA) is 49.2 Å². The van der Waals surface area contributed by atoms with Crippen molar-refractivity contribution >= 4 is 0 Å². The molecule has 0 saturated carbocycles. The second-order valence-corrected chi connectivity index (χ2v) is 6.01. The normalized spacial score (nSPS) is 16.0. The van der Waals surface area contributed by atoms with Gasteiger partial charge in [0.25, 0.3) is 0 Å². The molecule has 4 nitrogen and oxygen atoms in total. The number of hydrogen-bond donors (Lipinski definition) is 0. The maximum atomic E-state index is 8.84. The molecule has 23 heavy (non-hydrogen) atoms. The summed E-state index contributed by atoms with van der Waals surface area (Å²) >= 11 is 0. The van der Waals surface area contributed by atoms with Crippen LogP contribution in [0, 0.1) is 17.2 Å². The first-order chi connectivity index (χ1) is 11.3. The Kier molecular flexibility index (Phi) is 5.23. The molecule has 0 radical (unpaired) electrons. The Morgan fingerprint density at radius 3 is 2.57 bits per heavy atom. The SMILES string of the molecule is N#Cc1ccc(CN2CCC(COc3ccccn3)CC2)cc1. The van der Waals surface area contributed by atoms with Gasteiger partial charge < -0.3 is 4.74 Å². The van der Waals surface area contributed by atoms with Crippen LogP contribution in [0.25, 0.3) is 0 Å². The quantitative estimate of drug-likeness (QED) is 0.851. The molecule has 0 N–H and O–H groups in total. The van der Waals surface area contributed by atoms with Gasteiger partial charge in [0.15, 0.2) is 0 Å². The smallest absolute Gasteiger partial charge is 0.213 e. The van der Waals surface area contributed by atoms with Crippen LogP contribution < -0.4 is 4.74 Å². The van der Waals surface area contributed by atoms with Gasteiger partial charge in [-0.2, -0.15) is 5.26 Å². The highest BCUT2D eigenvalue weighted by molar-refractivity contribution is 5.31. The Bertz CT molecular complexity index is 641. The van der Waals surface area contributed by atoms with Gasteiger partial charge in [-0.15, -0.1) is 0 Å². The highest BCUT2D eigenvalue weighted by atomic mass is 16.5. The van der Waals surface area contributed by atoms with Crippen molar-refractivity contribution in [3.05, 3.63) is 59.8 Å². The fourth-order valence-corrected chi connectivity index (χ4v) is 2.89. The van der Waals surface area contributed by atoms with Crippen LogP contribution in [0.2, 0.25) is 0 Å². The number of rotatable bonds is 5. The molecule has 1 saturated heterocycles. The highest BCUT2D eigenvalue weighted by Crippen LogP contribution is 2.20. The zero-order valence-corrected chi connectivity index (χ0v) is 13.2. The fourth-order valence-electron chi connectivity index (χ4n) is 2.89. The lowest BCUT2D eigenvalue weighted by molar-refractivity contribution is 0.134. The molecule has 1 aliphatic heterocycles. The molecule has 0 aliphatic carbocycles. The van der Waals surface area contributed by atoms with Gasteiger partial charge in [0.05, 0.1) is 18.2 Å². The number of nitrogens with zero attached hydrogens (tertiary/aromatic N) is 3. The first-order valence-corrected chi connectivity index (χ1v) is 8.09. The van der Waals surface area contributed by atoms with Crippen LogP contribution in [0.3, 0.4) is 0 Å². The van der Waals surface area contributed by atoms with Gasteiger partial charge in [0.1, 0.15) is 0 Å². The molecule has 0 unspecified atom stereocenters. The summed E-state index contributed by atoms with van der Waals surface area (Å²) in [5, 5.41) is 8.84. The van der Waals surface area contributed by atoms with Crippen LogP contribution in [-0.2, 0) is 6.54 Å². The minimum Gasteiger partial charge on any atom is -0.477 e. The minimum atomic E-state index is 0.606. The average Bonchev–Trinajstić information content (AvgIpc) is 2.63. The van der Waals surface area contributed by atoms with Gasteiger partial charge in [0.2, 0.25) is 5.88 Å². The van der Waals surface area contributed by atoms with E-state index < -0.39 is 0 Å². The lowest BCUT2D eigenvalue weighted by atomic mass is 9.97. The number of ether oxygens (including phenoxy) is 1. The predicted molar refractivity (Wildman–Crippen MR) is 88.9 cm³/mol. The van der Waals surface area contributed by atoms with Gasteiger partial charge in [0, 0.05) is 18.8 Å². The van der Waals surface area contributed by atoms with Crippen molar-refractivity contribution in [1.29, 1.82) is 5.26 Å². The first kappa shape index (κ1) is 15.5. The van der Waals surface area contributed by atoms with Crippen molar-refractivity contribution in [3.8, 4) is 11.9 Å². The van der Waals surface area contributed by atoms with E-state index in [9.17, 15) is 0 Å². The van der Waals surface area contributed by atoms with Crippen molar-refractivity contribution in [2.45, 2.75) is 19.4 Å². The van der Waals surface area contributed by atoms with E-state index in [0.717, 1.165) is 44.6 Å². The predicted octanol–water partition coefficient (Wildman–Crippen LogP) is 3.24. The third-order valence-corrected chi connectivity index (χ3v) is 4.30. The van der Waals surface area contributed by atoms with Crippen molar-refractivity contribution in [2.75, 3.05) is 19.7 Å². The molecule has 1 aromatic heterocycles. The van der Waals surface area contributed by atoms with Crippen molar-refractivity contribution in [1.82, 2.24) is 9.88 Å². The number of hydrogen-bond acceptors (Lipinski definition) is 4. The number of benzene rings is 1. The number of pyridine rings is 1. The summed E-state index contributed by atoms with van der Waals surface area (Å²) in [5.41, 5.74) is 1.99. The summed E-state index contributed by atoms with van der Waals surface area (Å²) in [5.74, 6) is 1.32. The monoisotopic (exact) mass is 307 g/mol. The molecule has 4 heteroatoms. The van der Waals surface area contributed by atoms with E-state index in [1.165, 1.54) is 5.56 Å². The largest absolute Gasteiger partial charge is 0.477 e. The summed E-state index contributed by atoms with van der Waals surface area (Å²) in [6.07, 6.45) is 4.07. The van der Waals surface area contributed by atoms with Gasteiger partial charge in [-0.3, -0.25) is 4.90 Å². The van der Waals surface area contributed by atoms with Crippen LogP contribution in [0.1, 0.15) is 24.0 Å². The van der Waals surface area contributed by atoms with E-state index >= 15 is 0 Å². The third-order valence-electron chi connectivity index (χ3n) is 4.30. The summed E-state index contributed by atoms with van der Waals surface area (Å²) in [6, 6.07) is 15.8. The Morgan fingerprint density at radius 1 is 1.13 bits per heavy atom. The second kappa shape index (κ2) is 7.75. The zero-order chi connectivity index (χ0) is 15.9. The maximum absolute atomic E-state index is 8.84. The van der Waals surface area contributed by atoms with Gasteiger partial charge in [-0.1, -0.05) is 18.2 Å². The molecule has 0 spiro atoms. The van der Waals surface area contributed by atoms with E-state index in [-0.39, 0.29) is 0 Å². The Hall–Kier alpha value is -2.38.